The number of H-pyrrole nitrogens is 1. The van der Waals surface area contributed by atoms with E-state index in [0.717, 1.165) is 52.6 Å². The van der Waals surface area contributed by atoms with Gasteiger partial charge in [-0.25, -0.2) is 4.79 Å². The van der Waals surface area contributed by atoms with Crippen molar-refractivity contribution in [1.82, 2.24) is 9.88 Å². The Bertz CT molecular complexity index is 1130. The number of aryl methyl sites for hydroxylation is 1. The number of methoxy groups -OCH3 is 1. The molecule has 6 heteroatoms. The zero-order chi connectivity index (χ0) is 19.6. The molecule has 3 heterocycles. The van der Waals surface area contributed by atoms with Gasteiger partial charge < -0.3 is 14.8 Å². The number of fused-ring (bicyclic) bond motifs is 6. The second kappa shape index (κ2) is 6.36. The molecule has 5 nitrogen and oxygen atoms in total. The first-order valence-corrected chi connectivity index (χ1v) is 10.2. The zero-order valence-corrected chi connectivity index (χ0v) is 17.4. The minimum Gasteiger partial charge on any atom is -0.497 e. The highest BCUT2D eigenvalue weighted by Gasteiger charge is 2.35. The van der Waals surface area contributed by atoms with Crippen LogP contribution in [0.25, 0.3) is 10.9 Å². The summed E-state index contributed by atoms with van der Waals surface area (Å²) in [6.45, 7) is 3.56. The first-order chi connectivity index (χ1) is 13.5. The van der Waals surface area contributed by atoms with Crippen molar-refractivity contribution in [3.63, 3.8) is 0 Å². The van der Waals surface area contributed by atoms with Gasteiger partial charge in [0, 0.05) is 40.2 Å². The Hall–Kier alpha value is -2.31. The van der Waals surface area contributed by atoms with E-state index >= 15 is 0 Å². The molecule has 2 aliphatic heterocycles. The maximum Gasteiger partial charge on any atom is 0.338 e. The number of aromatic carboxylic acids is 1. The standard InChI is InChI=1S/C22H21BrN2O3/c1-11-20(22(26)27)21-16-10-25-6-5-12-7-13(28-2)3-4-14(12)19(25)8-15(16)17(23)9-18(21)24-11/h3-4,7,9,19,24H,5-6,8,10H2,1-2H3,(H,26,27). The fourth-order valence-electron chi connectivity index (χ4n) is 4.93. The number of hydrogen-bond acceptors (Lipinski definition) is 3. The van der Waals surface area contributed by atoms with Crippen molar-refractivity contribution >= 4 is 32.8 Å². The van der Waals surface area contributed by atoms with Gasteiger partial charge in [0.1, 0.15) is 5.75 Å². The Labute approximate surface area is 171 Å². The van der Waals surface area contributed by atoms with Crippen LogP contribution in [-0.2, 0) is 19.4 Å². The van der Waals surface area contributed by atoms with Crippen LogP contribution in [0.15, 0.2) is 28.7 Å². The summed E-state index contributed by atoms with van der Waals surface area (Å²) in [6, 6.07) is 8.71. The molecule has 0 bridgehead atoms. The Balaban J connectivity index is 1.67. The van der Waals surface area contributed by atoms with Crippen LogP contribution in [0.2, 0.25) is 0 Å². The van der Waals surface area contributed by atoms with Gasteiger partial charge in [0.2, 0.25) is 0 Å². The number of halogens is 1. The maximum absolute atomic E-state index is 11.9. The van der Waals surface area contributed by atoms with E-state index < -0.39 is 5.97 Å². The van der Waals surface area contributed by atoms with E-state index in [1.165, 1.54) is 16.7 Å². The Morgan fingerprint density at radius 3 is 2.89 bits per heavy atom. The number of nitrogens with one attached hydrogen (secondary N) is 1. The number of carboxylic acids is 1. The Kier molecular flexibility index (Phi) is 4.03. The van der Waals surface area contributed by atoms with Crippen molar-refractivity contribution in [3.05, 3.63) is 62.2 Å². The lowest BCUT2D eigenvalue weighted by Crippen LogP contribution is -2.39. The molecule has 0 saturated heterocycles. The van der Waals surface area contributed by atoms with Crippen LogP contribution in [-0.4, -0.2) is 34.6 Å². The molecule has 1 unspecified atom stereocenters. The molecule has 0 saturated carbocycles. The maximum atomic E-state index is 11.9. The van der Waals surface area contributed by atoms with Gasteiger partial charge in [-0.05, 0) is 60.2 Å². The molecule has 144 valence electrons. The van der Waals surface area contributed by atoms with Gasteiger partial charge in [-0.2, -0.15) is 0 Å². The monoisotopic (exact) mass is 440 g/mol. The SMILES string of the molecule is COc1ccc2c(c1)CCN1Cc3c(c(Br)cc4[nH]c(C)c(C(=O)O)c34)CC21. The lowest BCUT2D eigenvalue weighted by molar-refractivity contribution is 0.0698. The third-order valence-electron chi connectivity index (χ3n) is 6.23. The Morgan fingerprint density at radius 2 is 2.14 bits per heavy atom. The highest BCUT2D eigenvalue weighted by Crippen LogP contribution is 2.44. The average Bonchev–Trinajstić information content (AvgIpc) is 3.02. The van der Waals surface area contributed by atoms with Crippen molar-refractivity contribution in [2.24, 2.45) is 0 Å². The molecule has 0 fully saturated rings. The quantitative estimate of drug-likeness (QED) is 0.610. The lowest BCUT2D eigenvalue weighted by Gasteiger charge is -2.42. The molecule has 2 aliphatic rings. The van der Waals surface area contributed by atoms with Gasteiger partial charge in [-0.15, -0.1) is 0 Å². The van der Waals surface area contributed by atoms with Crippen LogP contribution >= 0.6 is 15.9 Å². The molecule has 5 rings (SSSR count). The van der Waals surface area contributed by atoms with Gasteiger partial charge in [-0.3, -0.25) is 4.90 Å². The number of aromatic nitrogens is 1. The molecule has 0 spiro atoms. The van der Waals surface area contributed by atoms with E-state index in [0.29, 0.717) is 17.3 Å². The predicted octanol–water partition coefficient (Wildman–Crippen LogP) is 4.60. The molecule has 0 radical (unpaired) electrons. The molecule has 2 aromatic carbocycles. The number of carboxylic acid groups (broad SMARTS) is 1. The minimum atomic E-state index is -0.869. The third-order valence-corrected chi connectivity index (χ3v) is 6.94. The summed E-state index contributed by atoms with van der Waals surface area (Å²) in [5.74, 6) is 0.0340. The summed E-state index contributed by atoms with van der Waals surface area (Å²) in [4.78, 5) is 17.7. The van der Waals surface area contributed by atoms with Gasteiger partial charge in [0.25, 0.3) is 0 Å². The first kappa shape index (κ1) is 17.8. The van der Waals surface area contributed by atoms with Crippen molar-refractivity contribution in [2.45, 2.75) is 32.4 Å². The smallest absolute Gasteiger partial charge is 0.338 e. The molecule has 1 aromatic heterocycles. The topological polar surface area (TPSA) is 65.6 Å². The summed E-state index contributed by atoms with van der Waals surface area (Å²) in [6.07, 6.45) is 1.85. The summed E-state index contributed by atoms with van der Waals surface area (Å²) in [5, 5.41) is 10.6. The van der Waals surface area contributed by atoms with E-state index in [1.54, 1.807) is 7.11 Å². The second-order valence-electron chi connectivity index (χ2n) is 7.67. The number of aromatic amines is 1. The number of ether oxygens (including phenoxy) is 1. The first-order valence-electron chi connectivity index (χ1n) is 9.44. The number of nitrogens with zero attached hydrogens (tertiary/aromatic N) is 1. The fourth-order valence-corrected chi connectivity index (χ4v) is 5.56. The summed E-state index contributed by atoms with van der Waals surface area (Å²) in [5.41, 5.74) is 7.07. The van der Waals surface area contributed by atoms with E-state index in [9.17, 15) is 9.90 Å². The highest BCUT2D eigenvalue weighted by atomic mass is 79.9. The molecule has 3 aromatic rings. The van der Waals surface area contributed by atoms with Crippen molar-refractivity contribution in [2.75, 3.05) is 13.7 Å². The van der Waals surface area contributed by atoms with Crippen LogP contribution in [0.5, 0.6) is 5.75 Å². The van der Waals surface area contributed by atoms with Crippen LogP contribution in [0, 0.1) is 6.92 Å². The highest BCUT2D eigenvalue weighted by molar-refractivity contribution is 9.10. The minimum absolute atomic E-state index is 0.309. The largest absolute Gasteiger partial charge is 0.497 e. The molecule has 0 aliphatic carbocycles. The zero-order valence-electron chi connectivity index (χ0n) is 15.8. The van der Waals surface area contributed by atoms with Crippen molar-refractivity contribution in [3.8, 4) is 5.75 Å². The van der Waals surface area contributed by atoms with E-state index in [-0.39, 0.29) is 0 Å². The lowest BCUT2D eigenvalue weighted by atomic mass is 9.82. The normalized spacial score (nSPS) is 18.5. The number of carbonyl (C=O) groups is 1. The number of benzene rings is 2. The van der Waals surface area contributed by atoms with Crippen molar-refractivity contribution in [1.29, 1.82) is 0 Å². The van der Waals surface area contributed by atoms with Crippen LogP contribution in [0.1, 0.15) is 44.3 Å². The third kappa shape index (κ3) is 2.51. The van der Waals surface area contributed by atoms with Gasteiger partial charge in [0.05, 0.1) is 12.7 Å². The number of rotatable bonds is 2. The fraction of sp³-hybridized carbons (Fsp3) is 0.318. The predicted molar refractivity (Wildman–Crippen MR) is 111 cm³/mol. The van der Waals surface area contributed by atoms with Gasteiger partial charge in [-0.1, -0.05) is 22.0 Å². The molecular formula is C22H21BrN2O3. The molecule has 2 N–H and O–H groups in total. The molecule has 0 amide bonds. The Morgan fingerprint density at radius 1 is 1.32 bits per heavy atom. The van der Waals surface area contributed by atoms with E-state index in [4.69, 9.17) is 4.74 Å². The van der Waals surface area contributed by atoms with Crippen molar-refractivity contribution < 1.29 is 14.6 Å². The van der Waals surface area contributed by atoms with Crippen LogP contribution in [0.4, 0.5) is 0 Å². The van der Waals surface area contributed by atoms with Crippen LogP contribution < -0.4 is 4.74 Å². The van der Waals surface area contributed by atoms with E-state index in [1.807, 2.05) is 19.1 Å². The molecular weight excluding hydrogens is 420 g/mol. The van der Waals surface area contributed by atoms with Gasteiger partial charge in [0.15, 0.2) is 0 Å². The summed E-state index contributed by atoms with van der Waals surface area (Å²) < 4.78 is 6.45. The summed E-state index contributed by atoms with van der Waals surface area (Å²) >= 11 is 3.75. The average molecular weight is 441 g/mol. The van der Waals surface area contributed by atoms with Gasteiger partial charge >= 0.3 is 5.97 Å². The van der Waals surface area contributed by atoms with E-state index in [2.05, 4.69) is 37.9 Å². The molecule has 28 heavy (non-hydrogen) atoms. The van der Waals surface area contributed by atoms with Crippen LogP contribution in [0.3, 0.4) is 0 Å². The molecule has 1 atom stereocenters. The summed E-state index contributed by atoms with van der Waals surface area (Å²) in [7, 11) is 1.70. The second-order valence-corrected chi connectivity index (χ2v) is 8.53. The number of hydrogen-bond donors (Lipinski definition) is 2.